The van der Waals surface area contributed by atoms with E-state index in [-0.39, 0.29) is 0 Å². The van der Waals surface area contributed by atoms with Crippen molar-refractivity contribution in [3.63, 3.8) is 0 Å². The predicted octanol–water partition coefficient (Wildman–Crippen LogP) is 4.07. The Morgan fingerprint density at radius 2 is 1.79 bits per heavy atom. The van der Waals surface area contributed by atoms with E-state index in [0.717, 1.165) is 21.1 Å². The van der Waals surface area contributed by atoms with E-state index in [2.05, 4.69) is 45.5 Å². The fourth-order valence-electron chi connectivity index (χ4n) is 2.81. The molecule has 3 heterocycles. The number of rotatable bonds is 2. The second-order valence-corrected chi connectivity index (χ2v) is 6.35. The smallest absolute Gasteiger partial charge is 0.235 e. The lowest BCUT2D eigenvalue weighted by Gasteiger charge is -2.02. The number of hydrogen-bond acceptors (Lipinski definition) is 5. The lowest BCUT2D eigenvalue weighted by molar-refractivity contribution is 0.969. The maximum absolute atomic E-state index is 4.75. The average molecular weight is 329 g/mol. The molecule has 0 amide bonds. The highest BCUT2D eigenvalue weighted by molar-refractivity contribution is 7.19. The van der Waals surface area contributed by atoms with Crippen LogP contribution in [0.4, 0.5) is 0 Å². The minimum atomic E-state index is 0.709. The van der Waals surface area contributed by atoms with Gasteiger partial charge in [-0.1, -0.05) is 53.8 Å². The lowest BCUT2D eigenvalue weighted by Crippen LogP contribution is -1.91. The maximum atomic E-state index is 4.75. The van der Waals surface area contributed by atoms with Gasteiger partial charge in [-0.05, 0) is 22.9 Å². The molecule has 5 aromatic rings. The summed E-state index contributed by atoms with van der Waals surface area (Å²) >= 11 is 1.54. The van der Waals surface area contributed by atoms with Gasteiger partial charge < -0.3 is 0 Å². The molecule has 0 atom stereocenters. The van der Waals surface area contributed by atoms with Crippen molar-refractivity contribution < 1.29 is 0 Å². The summed E-state index contributed by atoms with van der Waals surface area (Å²) < 4.78 is 1.79. The van der Waals surface area contributed by atoms with E-state index < -0.39 is 0 Å². The van der Waals surface area contributed by atoms with Crippen LogP contribution < -0.4 is 0 Å². The maximum Gasteiger partial charge on any atom is 0.235 e. The van der Waals surface area contributed by atoms with Crippen LogP contribution in [0.25, 0.3) is 37.7 Å². The van der Waals surface area contributed by atoms with Crippen molar-refractivity contribution in [1.82, 2.24) is 24.8 Å². The number of aromatic nitrogens is 5. The quantitative estimate of drug-likeness (QED) is 0.490. The van der Waals surface area contributed by atoms with Gasteiger partial charge in [0, 0.05) is 23.5 Å². The van der Waals surface area contributed by atoms with Crippen molar-refractivity contribution in [2.45, 2.75) is 0 Å². The van der Waals surface area contributed by atoms with Gasteiger partial charge in [-0.3, -0.25) is 4.98 Å². The first-order chi connectivity index (χ1) is 11.9. The number of pyridine rings is 1. The van der Waals surface area contributed by atoms with Gasteiger partial charge >= 0.3 is 0 Å². The first kappa shape index (κ1) is 13.3. The lowest BCUT2D eigenvalue weighted by atomic mass is 10.1. The third-order valence-electron chi connectivity index (χ3n) is 3.93. The van der Waals surface area contributed by atoms with Crippen LogP contribution in [-0.4, -0.2) is 24.8 Å². The Morgan fingerprint density at radius 3 is 2.71 bits per heavy atom. The zero-order valence-corrected chi connectivity index (χ0v) is 13.3. The molecule has 24 heavy (non-hydrogen) atoms. The fourth-order valence-corrected chi connectivity index (χ4v) is 3.69. The summed E-state index contributed by atoms with van der Waals surface area (Å²) in [5, 5.41) is 16.6. The molecule has 3 aromatic heterocycles. The van der Waals surface area contributed by atoms with Crippen molar-refractivity contribution in [2.75, 3.05) is 0 Å². The standard InChI is InChI=1S/C18H11N5S/c1-2-8-14-12(5-1)6-3-9-15(14)17-22-23-16(20-21-18(23)24-17)13-7-4-10-19-11-13/h1-11H. The monoisotopic (exact) mass is 329 g/mol. The molecule has 6 heteroatoms. The van der Waals surface area contributed by atoms with Gasteiger partial charge in [-0.15, -0.1) is 10.2 Å². The molecule has 0 N–H and O–H groups in total. The summed E-state index contributed by atoms with van der Waals surface area (Å²) in [4.78, 5) is 4.92. The van der Waals surface area contributed by atoms with Gasteiger partial charge in [0.2, 0.25) is 4.96 Å². The van der Waals surface area contributed by atoms with Crippen LogP contribution >= 0.6 is 11.3 Å². The van der Waals surface area contributed by atoms with E-state index in [0.29, 0.717) is 5.82 Å². The van der Waals surface area contributed by atoms with E-state index >= 15 is 0 Å². The van der Waals surface area contributed by atoms with Crippen molar-refractivity contribution in [2.24, 2.45) is 0 Å². The number of hydrogen-bond donors (Lipinski definition) is 0. The Labute approximate surface area is 141 Å². The van der Waals surface area contributed by atoms with Gasteiger partial charge in [0.15, 0.2) is 5.82 Å². The molecule has 0 bridgehead atoms. The minimum Gasteiger partial charge on any atom is -0.264 e. The molecule has 0 aliphatic heterocycles. The summed E-state index contributed by atoms with van der Waals surface area (Å²) in [6.07, 6.45) is 3.51. The van der Waals surface area contributed by atoms with Crippen LogP contribution in [0.3, 0.4) is 0 Å². The Morgan fingerprint density at radius 1 is 0.875 bits per heavy atom. The SMILES string of the molecule is c1cncc(-c2nnc3sc(-c4cccc5ccccc45)nn23)c1. The molecule has 114 valence electrons. The highest BCUT2D eigenvalue weighted by Crippen LogP contribution is 2.32. The first-order valence-electron chi connectivity index (χ1n) is 7.51. The zero-order chi connectivity index (χ0) is 15.9. The van der Waals surface area contributed by atoms with Crippen molar-refractivity contribution in [3.8, 4) is 22.0 Å². The Bertz CT molecular complexity index is 1150. The van der Waals surface area contributed by atoms with Gasteiger partial charge in [0.25, 0.3) is 0 Å². The Balaban J connectivity index is 1.73. The van der Waals surface area contributed by atoms with E-state index in [1.807, 2.05) is 24.3 Å². The van der Waals surface area contributed by atoms with Crippen LogP contribution in [0.15, 0.2) is 67.0 Å². The Kier molecular flexibility index (Phi) is 2.89. The molecule has 0 radical (unpaired) electrons. The van der Waals surface area contributed by atoms with E-state index in [9.17, 15) is 0 Å². The van der Waals surface area contributed by atoms with Crippen LogP contribution in [0, 0.1) is 0 Å². The normalized spacial score (nSPS) is 11.3. The molecule has 0 aliphatic carbocycles. The number of fused-ring (bicyclic) bond motifs is 2. The van der Waals surface area contributed by atoms with Crippen LogP contribution in [0.1, 0.15) is 0 Å². The molecule has 0 spiro atoms. The molecule has 0 saturated carbocycles. The van der Waals surface area contributed by atoms with Crippen LogP contribution in [0.2, 0.25) is 0 Å². The third-order valence-corrected chi connectivity index (χ3v) is 4.86. The van der Waals surface area contributed by atoms with Crippen molar-refractivity contribution in [1.29, 1.82) is 0 Å². The van der Waals surface area contributed by atoms with Gasteiger partial charge in [0.1, 0.15) is 5.01 Å². The molecule has 0 aliphatic rings. The summed E-state index contributed by atoms with van der Waals surface area (Å²) in [5.41, 5.74) is 2.01. The van der Waals surface area contributed by atoms with E-state index in [1.165, 1.54) is 22.1 Å². The highest BCUT2D eigenvalue weighted by atomic mass is 32.1. The molecule has 5 rings (SSSR count). The molecule has 2 aromatic carbocycles. The summed E-state index contributed by atoms with van der Waals surface area (Å²) in [5.74, 6) is 0.709. The Hall–Kier alpha value is -3.12. The minimum absolute atomic E-state index is 0.709. The van der Waals surface area contributed by atoms with Crippen LogP contribution in [0.5, 0.6) is 0 Å². The van der Waals surface area contributed by atoms with Gasteiger partial charge in [0.05, 0.1) is 0 Å². The highest BCUT2D eigenvalue weighted by Gasteiger charge is 2.15. The summed E-state index contributed by atoms with van der Waals surface area (Å²) in [7, 11) is 0. The molecular formula is C18H11N5S. The number of nitrogens with zero attached hydrogens (tertiary/aromatic N) is 5. The van der Waals surface area contributed by atoms with Gasteiger partial charge in [-0.2, -0.15) is 9.61 Å². The molecule has 5 nitrogen and oxygen atoms in total. The molecule has 0 unspecified atom stereocenters. The molecule has 0 saturated heterocycles. The van der Waals surface area contributed by atoms with E-state index in [1.54, 1.807) is 16.9 Å². The predicted molar refractivity (Wildman–Crippen MR) is 94.8 cm³/mol. The summed E-state index contributed by atoms with van der Waals surface area (Å²) in [6, 6.07) is 18.4. The molecule has 0 fully saturated rings. The topological polar surface area (TPSA) is 56.0 Å². The zero-order valence-electron chi connectivity index (χ0n) is 12.5. The van der Waals surface area contributed by atoms with Crippen molar-refractivity contribution >= 4 is 27.1 Å². The molecular weight excluding hydrogens is 318 g/mol. The second-order valence-electron chi connectivity index (χ2n) is 5.39. The van der Waals surface area contributed by atoms with E-state index in [4.69, 9.17) is 5.10 Å². The second kappa shape index (κ2) is 5.21. The largest absolute Gasteiger partial charge is 0.264 e. The van der Waals surface area contributed by atoms with Crippen molar-refractivity contribution in [3.05, 3.63) is 67.0 Å². The number of benzene rings is 2. The van der Waals surface area contributed by atoms with Gasteiger partial charge in [-0.25, -0.2) is 0 Å². The van der Waals surface area contributed by atoms with Crippen LogP contribution in [-0.2, 0) is 0 Å². The fraction of sp³-hybridized carbons (Fsp3) is 0. The third kappa shape index (κ3) is 2.00. The summed E-state index contributed by atoms with van der Waals surface area (Å²) in [6.45, 7) is 0. The average Bonchev–Trinajstić information content (AvgIpc) is 3.22. The first-order valence-corrected chi connectivity index (χ1v) is 8.32.